The van der Waals surface area contributed by atoms with E-state index in [1.165, 1.54) is 0 Å². The average molecular weight is 324 g/mol. The van der Waals surface area contributed by atoms with Crippen LogP contribution in [0, 0.1) is 10.1 Å². The van der Waals surface area contributed by atoms with Crippen molar-refractivity contribution in [2.45, 2.75) is 19.7 Å². The molecule has 0 aliphatic heterocycles. The van der Waals surface area contributed by atoms with Gasteiger partial charge >= 0.3 is 24.0 Å². The molecular formula is C11H11F3N2O6. The van der Waals surface area contributed by atoms with Crippen LogP contribution in [-0.2, 0) is 16.0 Å². The standard InChI is InChI=1S/C11H11F3N2O6/c1-3-21-8(17)5-6-4-7(22-11(12,13)14)9(16(18)19)15-10(6)20-2/h4H,3,5H2,1-2H3. The summed E-state index contributed by atoms with van der Waals surface area (Å²) in [5, 5.41) is 10.8. The van der Waals surface area contributed by atoms with E-state index >= 15 is 0 Å². The van der Waals surface area contributed by atoms with Gasteiger partial charge in [0.25, 0.3) is 0 Å². The summed E-state index contributed by atoms with van der Waals surface area (Å²) in [6.07, 6.45) is -5.63. The molecule has 0 aliphatic rings. The molecule has 0 spiro atoms. The maximum absolute atomic E-state index is 12.3. The Labute approximate surface area is 121 Å². The summed E-state index contributed by atoms with van der Waals surface area (Å²) in [6, 6.07) is 0.675. The minimum absolute atomic E-state index is 0.0630. The van der Waals surface area contributed by atoms with E-state index in [9.17, 15) is 28.1 Å². The van der Waals surface area contributed by atoms with Gasteiger partial charge in [0.15, 0.2) is 0 Å². The molecule has 0 radical (unpaired) electrons. The van der Waals surface area contributed by atoms with Crippen LogP contribution in [0.4, 0.5) is 19.0 Å². The van der Waals surface area contributed by atoms with Crippen molar-refractivity contribution in [3.63, 3.8) is 0 Å². The van der Waals surface area contributed by atoms with Crippen LogP contribution in [0.2, 0.25) is 0 Å². The second-order valence-corrected chi connectivity index (χ2v) is 3.77. The molecule has 1 aromatic heterocycles. The Hall–Kier alpha value is -2.59. The molecule has 122 valence electrons. The number of nitro groups is 1. The normalized spacial score (nSPS) is 11.0. The van der Waals surface area contributed by atoms with E-state index < -0.39 is 35.2 Å². The molecule has 11 heteroatoms. The molecule has 0 atom stereocenters. The number of halogens is 3. The quantitative estimate of drug-likeness (QED) is 0.448. The molecule has 0 aromatic carbocycles. The van der Waals surface area contributed by atoms with Gasteiger partial charge in [0.2, 0.25) is 5.75 Å². The zero-order valence-corrected chi connectivity index (χ0v) is 11.5. The van der Waals surface area contributed by atoms with Gasteiger partial charge in [-0.15, -0.1) is 13.2 Å². The Kier molecular flexibility index (Phi) is 5.49. The third-order valence-electron chi connectivity index (χ3n) is 2.24. The van der Waals surface area contributed by atoms with Crippen LogP contribution < -0.4 is 9.47 Å². The van der Waals surface area contributed by atoms with E-state index in [4.69, 9.17) is 4.74 Å². The van der Waals surface area contributed by atoms with Crippen LogP contribution in [-0.4, -0.2) is 36.0 Å². The molecule has 0 saturated carbocycles. The molecule has 1 rings (SSSR count). The summed E-state index contributed by atoms with van der Waals surface area (Å²) in [7, 11) is 1.10. The van der Waals surface area contributed by atoms with Crippen molar-refractivity contribution >= 4 is 11.8 Å². The number of ether oxygens (including phenoxy) is 3. The molecule has 1 aromatic rings. The van der Waals surface area contributed by atoms with Crippen molar-refractivity contribution < 1.29 is 37.1 Å². The average Bonchev–Trinajstić information content (AvgIpc) is 2.36. The summed E-state index contributed by atoms with van der Waals surface area (Å²) in [5.74, 6) is -3.44. The minimum atomic E-state index is -5.15. The maximum atomic E-state index is 12.3. The van der Waals surface area contributed by atoms with Crippen LogP contribution >= 0.6 is 0 Å². The summed E-state index contributed by atoms with van der Waals surface area (Å²) in [5.41, 5.74) is -0.134. The van der Waals surface area contributed by atoms with Gasteiger partial charge in [-0.1, -0.05) is 0 Å². The Morgan fingerprint density at radius 1 is 1.45 bits per heavy atom. The predicted molar refractivity (Wildman–Crippen MR) is 64.5 cm³/mol. The van der Waals surface area contributed by atoms with Crippen molar-refractivity contribution in [3.8, 4) is 11.6 Å². The first-order valence-electron chi connectivity index (χ1n) is 5.81. The fourth-order valence-electron chi connectivity index (χ4n) is 1.51. The third kappa shape index (κ3) is 4.75. The molecule has 8 nitrogen and oxygen atoms in total. The Balaban J connectivity index is 3.29. The molecule has 0 bridgehead atoms. The van der Waals surface area contributed by atoms with E-state index in [0.717, 1.165) is 7.11 Å². The Morgan fingerprint density at radius 3 is 2.55 bits per heavy atom. The second kappa shape index (κ2) is 6.91. The number of pyridine rings is 1. The zero-order chi connectivity index (χ0) is 16.9. The number of esters is 1. The van der Waals surface area contributed by atoms with Crippen LogP contribution in [0.15, 0.2) is 6.07 Å². The lowest BCUT2D eigenvalue weighted by Crippen LogP contribution is -2.19. The number of carbonyl (C=O) groups is 1. The third-order valence-corrected chi connectivity index (χ3v) is 2.24. The van der Waals surface area contributed by atoms with Crippen LogP contribution in [0.25, 0.3) is 0 Å². The van der Waals surface area contributed by atoms with Gasteiger partial charge in [-0.3, -0.25) is 4.79 Å². The van der Waals surface area contributed by atoms with Crippen molar-refractivity contribution in [2.24, 2.45) is 0 Å². The molecule has 0 amide bonds. The van der Waals surface area contributed by atoms with Crippen LogP contribution in [0.3, 0.4) is 0 Å². The van der Waals surface area contributed by atoms with Gasteiger partial charge < -0.3 is 24.3 Å². The van der Waals surface area contributed by atoms with Crippen molar-refractivity contribution in [1.82, 2.24) is 4.98 Å². The Bertz CT molecular complexity index is 576. The number of nitrogens with zero attached hydrogens (tertiary/aromatic N) is 2. The zero-order valence-electron chi connectivity index (χ0n) is 11.5. The van der Waals surface area contributed by atoms with E-state index in [-0.39, 0.29) is 18.1 Å². The van der Waals surface area contributed by atoms with Gasteiger partial charge in [0, 0.05) is 11.1 Å². The molecule has 0 N–H and O–H groups in total. The minimum Gasteiger partial charge on any atom is -0.466 e. The molecular weight excluding hydrogens is 313 g/mol. The highest BCUT2D eigenvalue weighted by molar-refractivity contribution is 5.73. The summed E-state index contributed by atoms with van der Waals surface area (Å²) < 4.78 is 49.8. The van der Waals surface area contributed by atoms with Crippen molar-refractivity contribution in [1.29, 1.82) is 0 Å². The van der Waals surface area contributed by atoms with Gasteiger partial charge in [-0.25, -0.2) is 0 Å². The number of hydrogen-bond acceptors (Lipinski definition) is 7. The van der Waals surface area contributed by atoms with Crippen molar-refractivity contribution in [3.05, 3.63) is 21.7 Å². The first-order chi connectivity index (χ1) is 10.2. The molecule has 1 heterocycles. The largest absolute Gasteiger partial charge is 0.573 e. The number of rotatable bonds is 6. The molecule has 0 fully saturated rings. The fourth-order valence-corrected chi connectivity index (χ4v) is 1.51. The van der Waals surface area contributed by atoms with E-state index in [2.05, 4.69) is 14.5 Å². The van der Waals surface area contributed by atoms with E-state index in [1.54, 1.807) is 6.92 Å². The number of aromatic nitrogens is 1. The number of alkyl halides is 3. The van der Waals surface area contributed by atoms with Gasteiger partial charge in [-0.2, -0.15) is 0 Å². The molecule has 0 unspecified atom stereocenters. The monoisotopic (exact) mass is 324 g/mol. The predicted octanol–water partition coefficient (Wildman–Crippen LogP) is 2.00. The van der Waals surface area contributed by atoms with Crippen LogP contribution in [0.1, 0.15) is 12.5 Å². The highest BCUT2D eigenvalue weighted by Crippen LogP contribution is 2.34. The number of hydrogen-bond donors (Lipinski definition) is 0. The lowest BCUT2D eigenvalue weighted by molar-refractivity contribution is -0.393. The van der Waals surface area contributed by atoms with Gasteiger partial charge in [-0.05, 0) is 11.8 Å². The molecule has 0 aliphatic carbocycles. The van der Waals surface area contributed by atoms with E-state index in [1.807, 2.05) is 0 Å². The lowest BCUT2D eigenvalue weighted by Gasteiger charge is -2.11. The SMILES string of the molecule is CCOC(=O)Cc1cc(OC(F)(F)F)c([N+](=O)[O-])nc1OC. The van der Waals surface area contributed by atoms with E-state index in [0.29, 0.717) is 6.07 Å². The summed E-state index contributed by atoms with van der Waals surface area (Å²) >= 11 is 0. The highest BCUT2D eigenvalue weighted by Gasteiger charge is 2.36. The topological polar surface area (TPSA) is 101 Å². The second-order valence-electron chi connectivity index (χ2n) is 3.77. The van der Waals surface area contributed by atoms with Gasteiger partial charge in [0.1, 0.15) is 0 Å². The van der Waals surface area contributed by atoms with Crippen molar-refractivity contribution in [2.75, 3.05) is 13.7 Å². The molecule has 22 heavy (non-hydrogen) atoms. The summed E-state index contributed by atoms with van der Waals surface area (Å²) in [6.45, 7) is 1.61. The number of carbonyl (C=O) groups excluding carboxylic acids is 1. The Morgan fingerprint density at radius 2 is 2.09 bits per heavy atom. The maximum Gasteiger partial charge on any atom is 0.573 e. The van der Waals surface area contributed by atoms with Gasteiger partial charge in [0.05, 0.1) is 25.7 Å². The first kappa shape index (κ1) is 17.5. The lowest BCUT2D eigenvalue weighted by atomic mass is 10.2. The molecule has 0 saturated heterocycles. The smallest absolute Gasteiger partial charge is 0.466 e. The fraction of sp³-hybridized carbons (Fsp3) is 0.455. The summed E-state index contributed by atoms with van der Waals surface area (Å²) in [4.78, 5) is 24.3. The number of methoxy groups -OCH3 is 1. The highest BCUT2D eigenvalue weighted by atomic mass is 19.4. The first-order valence-corrected chi connectivity index (χ1v) is 5.81. The van der Waals surface area contributed by atoms with Crippen LogP contribution in [0.5, 0.6) is 11.6 Å².